The predicted octanol–water partition coefficient (Wildman–Crippen LogP) is 4.03. The van der Waals surface area contributed by atoms with Crippen molar-refractivity contribution in [2.24, 2.45) is 0 Å². The van der Waals surface area contributed by atoms with Crippen LogP contribution in [0.4, 0.5) is 15.8 Å². The van der Waals surface area contributed by atoms with Gasteiger partial charge in [-0.1, -0.05) is 30.3 Å². The number of halogens is 1. The zero-order chi connectivity index (χ0) is 20.9. The molecule has 0 aliphatic carbocycles. The van der Waals surface area contributed by atoms with E-state index >= 15 is 0 Å². The maximum Gasteiger partial charge on any atom is 0.257 e. The fraction of sp³-hybridized carbons (Fsp3) is 0.130. The number of ether oxygens (including phenoxy) is 2. The zero-order valence-electron chi connectivity index (χ0n) is 16.0. The van der Waals surface area contributed by atoms with Gasteiger partial charge in [-0.2, -0.15) is 0 Å². The fourth-order valence-corrected chi connectivity index (χ4v) is 3.12. The van der Waals surface area contributed by atoms with Crippen LogP contribution >= 0.6 is 0 Å². The average molecular weight is 406 g/mol. The van der Waals surface area contributed by atoms with Crippen LogP contribution in [0, 0.1) is 5.82 Å². The molecule has 7 heteroatoms. The third kappa shape index (κ3) is 4.41. The number of fused-ring (bicyclic) bond motifs is 1. The van der Waals surface area contributed by atoms with Crippen molar-refractivity contribution < 1.29 is 23.5 Å². The third-order valence-corrected chi connectivity index (χ3v) is 4.55. The van der Waals surface area contributed by atoms with Crippen LogP contribution in [0.2, 0.25) is 0 Å². The molecule has 0 aromatic heterocycles. The second-order valence-electron chi connectivity index (χ2n) is 6.67. The van der Waals surface area contributed by atoms with Crippen LogP contribution in [-0.4, -0.2) is 25.0 Å². The van der Waals surface area contributed by atoms with Crippen LogP contribution in [-0.2, 0) is 11.2 Å². The third-order valence-electron chi connectivity index (χ3n) is 4.55. The first-order valence-electron chi connectivity index (χ1n) is 9.43. The minimum absolute atomic E-state index is 0.134. The lowest BCUT2D eigenvalue weighted by atomic mass is 10.1. The lowest BCUT2D eigenvalue weighted by Crippen LogP contribution is -2.20. The molecule has 0 atom stereocenters. The normalized spacial score (nSPS) is 12.2. The molecule has 1 heterocycles. The Hall–Kier alpha value is -3.87. The van der Waals surface area contributed by atoms with Gasteiger partial charge in [-0.25, -0.2) is 4.39 Å². The highest BCUT2D eigenvalue weighted by Gasteiger charge is 2.17. The Balaban J connectivity index is 1.48. The SMILES string of the molecule is O=C(Cc1ccccc1F)Nc1ccccc1C(=O)Nc1ccc2c(c1)OCCO2. The number of hydrogen-bond acceptors (Lipinski definition) is 4. The summed E-state index contributed by atoms with van der Waals surface area (Å²) in [5.41, 5.74) is 1.45. The van der Waals surface area contributed by atoms with E-state index in [2.05, 4.69) is 10.6 Å². The zero-order valence-corrected chi connectivity index (χ0v) is 16.0. The first-order valence-corrected chi connectivity index (χ1v) is 9.43. The fourth-order valence-electron chi connectivity index (χ4n) is 3.12. The minimum atomic E-state index is -0.447. The first-order chi connectivity index (χ1) is 14.6. The Morgan fingerprint density at radius 1 is 0.867 bits per heavy atom. The summed E-state index contributed by atoms with van der Waals surface area (Å²) in [6.45, 7) is 0.930. The van der Waals surface area contributed by atoms with E-state index < -0.39 is 17.6 Å². The first kappa shape index (κ1) is 19.4. The van der Waals surface area contributed by atoms with Gasteiger partial charge in [-0.15, -0.1) is 0 Å². The van der Waals surface area contributed by atoms with E-state index in [1.54, 1.807) is 60.7 Å². The summed E-state index contributed by atoms with van der Waals surface area (Å²) in [5.74, 6) is -0.0731. The van der Waals surface area contributed by atoms with E-state index in [0.717, 1.165) is 0 Å². The quantitative estimate of drug-likeness (QED) is 0.671. The molecule has 0 spiro atoms. The van der Waals surface area contributed by atoms with Gasteiger partial charge in [-0.3, -0.25) is 9.59 Å². The Morgan fingerprint density at radius 3 is 2.43 bits per heavy atom. The minimum Gasteiger partial charge on any atom is -0.486 e. The molecular formula is C23H19FN2O4. The summed E-state index contributed by atoms with van der Waals surface area (Å²) in [6, 6.07) is 17.8. The highest BCUT2D eigenvalue weighted by atomic mass is 19.1. The summed E-state index contributed by atoms with van der Waals surface area (Å²) in [5, 5.41) is 5.49. The van der Waals surface area contributed by atoms with Crippen LogP contribution in [0.15, 0.2) is 66.7 Å². The number of carbonyl (C=O) groups is 2. The van der Waals surface area contributed by atoms with Crippen molar-refractivity contribution in [3.05, 3.63) is 83.7 Å². The number of rotatable bonds is 5. The molecule has 0 unspecified atom stereocenters. The summed E-state index contributed by atoms with van der Waals surface area (Å²) in [6.07, 6.45) is -0.134. The number of carbonyl (C=O) groups excluding carboxylic acids is 2. The van der Waals surface area contributed by atoms with Gasteiger partial charge in [-0.05, 0) is 35.9 Å². The lowest BCUT2D eigenvalue weighted by Gasteiger charge is -2.19. The topological polar surface area (TPSA) is 76.7 Å². The van der Waals surface area contributed by atoms with Crippen LogP contribution in [0.3, 0.4) is 0 Å². The predicted molar refractivity (Wildman–Crippen MR) is 111 cm³/mol. The van der Waals surface area contributed by atoms with Gasteiger partial charge in [0, 0.05) is 11.8 Å². The summed E-state index contributed by atoms with van der Waals surface area (Å²) < 4.78 is 24.8. The molecule has 152 valence electrons. The highest BCUT2D eigenvalue weighted by molar-refractivity contribution is 6.10. The Bertz CT molecular complexity index is 1100. The molecule has 1 aliphatic heterocycles. The second kappa shape index (κ2) is 8.65. The molecule has 3 aromatic rings. The molecule has 30 heavy (non-hydrogen) atoms. The van der Waals surface area contributed by atoms with Crippen molar-refractivity contribution in [3.63, 3.8) is 0 Å². The summed E-state index contributed by atoms with van der Waals surface area (Å²) in [7, 11) is 0. The molecule has 4 rings (SSSR count). The Morgan fingerprint density at radius 2 is 1.60 bits per heavy atom. The van der Waals surface area contributed by atoms with Crippen molar-refractivity contribution in [1.29, 1.82) is 0 Å². The summed E-state index contributed by atoms with van der Waals surface area (Å²) >= 11 is 0. The van der Waals surface area contributed by atoms with Crippen molar-refractivity contribution >= 4 is 23.2 Å². The number of hydrogen-bond donors (Lipinski definition) is 2. The molecule has 0 saturated heterocycles. The van der Waals surface area contributed by atoms with E-state index in [9.17, 15) is 14.0 Å². The van der Waals surface area contributed by atoms with Crippen LogP contribution < -0.4 is 20.1 Å². The molecule has 0 fully saturated rings. The van der Waals surface area contributed by atoms with Gasteiger partial charge in [0.2, 0.25) is 5.91 Å². The smallest absolute Gasteiger partial charge is 0.257 e. The maximum absolute atomic E-state index is 13.8. The number of nitrogens with one attached hydrogen (secondary N) is 2. The molecule has 2 N–H and O–H groups in total. The van der Waals surface area contributed by atoms with Crippen molar-refractivity contribution in [3.8, 4) is 11.5 Å². The van der Waals surface area contributed by atoms with Gasteiger partial charge >= 0.3 is 0 Å². The Kier molecular flexibility index (Phi) is 5.61. The van der Waals surface area contributed by atoms with Crippen LogP contribution in [0.1, 0.15) is 15.9 Å². The van der Waals surface area contributed by atoms with E-state index in [-0.39, 0.29) is 17.5 Å². The lowest BCUT2D eigenvalue weighted by molar-refractivity contribution is -0.115. The van der Waals surface area contributed by atoms with Crippen molar-refractivity contribution in [1.82, 2.24) is 0 Å². The van der Waals surface area contributed by atoms with Crippen LogP contribution in [0.25, 0.3) is 0 Å². The number of anilines is 2. The summed E-state index contributed by atoms with van der Waals surface area (Å²) in [4.78, 5) is 25.2. The van der Waals surface area contributed by atoms with E-state index in [0.29, 0.717) is 36.1 Å². The molecule has 0 saturated carbocycles. The molecule has 0 bridgehead atoms. The molecule has 1 aliphatic rings. The average Bonchev–Trinajstić information content (AvgIpc) is 2.75. The van der Waals surface area contributed by atoms with Gasteiger partial charge in [0.1, 0.15) is 19.0 Å². The number of para-hydroxylation sites is 1. The number of amides is 2. The second-order valence-corrected chi connectivity index (χ2v) is 6.67. The monoisotopic (exact) mass is 406 g/mol. The Labute approximate surface area is 172 Å². The van der Waals surface area contributed by atoms with Gasteiger partial charge in [0.25, 0.3) is 5.91 Å². The standard InChI is InChI=1S/C23H19FN2O4/c24-18-7-3-1-5-15(18)13-22(27)26-19-8-4-2-6-17(19)23(28)25-16-9-10-20-21(14-16)30-12-11-29-20/h1-10,14H,11-13H2,(H,25,28)(H,26,27). The largest absolute Gasteiger partial charge is 0.486 e. The molecule has 3 aromatic carbocycles. The highest BCUT2D eigenvalue weighted by Crippen LogP contribution is 2.33. The van der Waals surface area contributed by atoms with Gasteiger partial charge in [0.05, 0.1) is 17.7 Å². The van der Waals surface area contributed by atoms with Crippen molar-refractivity contribution in [2.45, 2.75) is 6.42 Å². The number of benzene rings is 3. The van der Waals surface area contributed by atoms with E-state index in [4.69, 9.17) is 9.47 Å². The maximum atomic E-state index is 13.8. The van der Waals surface area contributed by atoms with Gasteiger partial charge < -0.3 is 20.1 Å². The van der Waals surface area contributed by atoms with E-state index in [1.807, 2.05) is 0 Å². The van der Waals surface area contributed by atoms with E-state index in [1.165, 1.54) is 6.07 Å². The van der Waals surface area contributed by atoms with Crippen LogP contribution in [0.5, 0.6) is 11.5 Å². The molecule has 0 radical (unpaired) electrons. The molecule has 6 nitrogen and oxygen atoms in total. The van der Waals surface area contributed by atoms with Gasteiger partial charge in [0.15, 0.2) is 11.5 Å². The molecular weight excluding hydrogens is 387 g/mol. The van der Waals surface area contributed by atoms with Crippen molar-refractivity contribution in [2.75, 3.05) is 23.8 Å². The molecule has 2 amide bonds.